The topological polar surface area (TPSA) is 17.8 Å². The Morgan fingerprint density at radius 3 is 2.45 bits per heavy atom. The van der Waals surface area contributed by atoms with Crippen molar-refractivity contribution in [3.63, 3.8) is 0 Å². The highest BCUT2D eigenvalue weighted by Crippen LogP contribution is 2.17. The van der Waals surface area contributed by atoms with E-state index in [1.165, 1.54) is 16.8 Å². The lowest BCUT2D eigenvalue weighted by Gasteiger charge is -2.14. The van der Waals surface area contributed by atoms with Gasteiger partial charge in [0.25, 0.3) is 0 Å². The van der Waals surface area contributed by atoms with Gasteiger partial charge >= 0.3 is 0 Å². The number of aryl methyl sites for hydroxylation is 3. The summed E-state index contributed by atoms with van der Waals surface area (Å²) in [4.78, 5) is 0. The van der Waals surface area contributed by atoms with Gasteiger partial charge in [0.2, 0.25) is 0 Å². The second-order valence-corrected chi connectivity index (χ2v) is 5.83. The Labute approximate surface area is 126 Å². The standard InChI is InChI=1S/C17H23ClN2/c1-4-16-11-17(20(3)19-16)10-15(12-18)9-14-7-5-13(2)6-8-14/h5-8,11,15H,4,9-10,12H2,1-3H3. The fourth-order valence-electron chi connectivity index (χ4n) is 2.47. The highest BCUT2D eigenvalue weighted by atomic mass is 35.5. The number of hydrogen-bond acceptors (Lipinski definition) is 1. The number of halogens is 1. The maximum Gasteiger partial charge on any atom is 0.0624 e. The first kappa shape index (κ1) is 15.1. The zero-order chi connectivity index (χ0) is 14.5. The Morgan fingerprint density at radius 2 is 1.90 bits per heavy atom. The summed E-state index contributed by atoms with van der Waals surface area (Å²) in [6.07, 6.45) is 2.99. The van der Waals surface area contributed by atoms with E-state index in [4.69, 9.17) is 11.6 Å². The molecule has 1 atom stereocenters. The number of nitrogens with zero attached hydrogens (tertiary/aromatic N) is 2. The highest BCUT2D eigenvalue weighted by Gasteiger charge is 2.13. The van der Waals surface area contributed by atoms with Gasteiger partial charge in [0, 0.05) is 18.6 Å². The van der Waals surface area contributed by atoms with Crippen molar-refractivity contribution in [2.24, 2.45) is 13.0 Å². The fourth-order valence-corrected chi connectivity index (χ4v) is 2.69. The molecule has 20 heavy (non-hydrogen) atoms. The van der Waals surface area contributed by atoms with Crippen LogP contribution in [0.25, 0.3) is 0 Å². The van der Waals surface area contributed by atoms with Crippen molar-refractivity contribution in [2.45, 2.75) is 33.1 Å². The molecule has 0 fully saturated rings. The van der Waals surface area contributed by atoms with Crippen LogP contribution < -0.4 is 0 Å². The van der Waals surface area contributed by atoms with E-state index in [-0.39, 0.29) is 0 Å². The molecule has 0 aliphatic rings. The van der Waals surface area contributed by atoms with Crippen LogP contribution in [0.1, 0.15) is 29.4 Å². The van der Waals surface area contributed by atoms with Crippen molar-refractivity contribution in [1.82, 2.24) is 9.78 Å². The van der Waals surface area contributed by atoms with Crippen LogP contribution in [0.5, 0.6) is 0 Å². The number of rotatable bonds is 6. The van der Waals surface area contributed by atoms with Crippen LogP contribution in [0.2, 0.25) is 0 Å². The monoisotopic (exact) mass is 290 g/mol. The second-order valence-electron chi connectivity index (χ2n) is 5.52. The summed E-state index contributed by atoms with van der Waals surface area (Å²) in [7, 11) is 2.02. The van der Waals surface area contributed by atoms with Crippen molar-refractivity contribution in [3.05, 3.63) is 52.8 Å². The fraction of sp³-hybridized carbons (Fsp3) is 0.471. The van der Waals surface area contributed by atoms with Gasteiger partial charge in [-0.2, -0.15) is 5.10 Å². The van der Waals surface area contributed by atoms with Crippen LogP contribution in [0.15, 0.2) is 30.3 Å². The van der Waals surface area contributed by atoms with Crippen LogP contribution in [0.4, 0.5) is 0 Å². The Bertz CT molecular complexity index is 543. The molecule has 2 nitrogen and oxygen atoms in total. The van der Waals surface area contributed by atoms with Gasteiger partial charge in [0.1, 0.15) is 0 Å². The molecule has 0 radical (unpaired) electrons. The van der Waals surface area contributed by atoms with Gasteiger partial charge < -0.3 is 0 Å². The largest absolute Gasteiger partial charge is 0.272 e. The summed E-state index contributed by atoms with van der Waals surface area (Å²) in [6, 6.07) is 10.9. The average Bonchev–Trinajstić information content (AvgIpc) is 2.81. The van der Waals surface area contributed by atoms with Crippen LogP contribution in [-0.4, -0.2) is 15.7 Å². The van der Waals surface area contributed by atoms with Crippen LogP contribution in [-0.2, 0) is 26.3 Å². The minimum absolute atomic E-state index is 0.458. The Hall–Kier alpha value is -1.28. The quantitative estimate of drug-likeness (QED) is 0.737. The Balaban J connectivity index is 2.04. The minimum Gasteiger partial charge on any atom is -0.272 e. The van der Waals surface area contributed by atoms with E-state index in [9.17, 15) is 0 Å². The molecule has 2 aromatic rings. The zero-order valence-corrected chi connectivity index (χ0v) is 13.3. The summed E-state index contributed by atoms with van der Waals surface area (Å²) >= 11 is 6.16. The predicted octanol–water partition coefficient (Wildman–Crippen LogP) is 3.93. The molecule has 108 valence electrons. The lowest BCUT2D eigenvalue weighted by atomic mass is 9.95. The zero-order valence-electron chi connectivity index (χ0n) is 12.6. The van der Waals surface area contributed by atoms with Crippen LogP contribution in [0.3, 0.4) is 0 Å². The molecule has 0 spiro atoms. The third kappa shape index (κ3) is 3.86. The highest BCUT2D eigenvalue weighted by molar-refractivity contribution is 6.18. The van der Waals surface area contributed by atoms with Gasteiger partial charge in [-0.15, -0.1) is 11.6 Å². The molecule has 0 saturated heterocycles. The van der Waals surface area contributed by atoms with Gasteiger partial charge in [-0.3, -0.25) is 4.68 Å². The van der Waals surface area contributed by atoms with E-state index in [1.807, 2.05) is 11.7 Å². The average molecular weight is 291 g/mol. The van der Waals surface area contributed by atoms with Crippen molar-refractivity contribution < 1.29 is 0 Å². The van der Waals surface area contributed by atoms with E-state index < -0.39 is 0 Å². The molecule has 1 heterocycles. The molecule has 0 amide bonds. The molecule has 1 aromatic carbocycles. The minimum atomic E-state index is 0.458. The van der Waals surface area contributed by atoms with Crippen molar-refractivity contribution >= 4 is 11.6 Å². The molecular formula is C17H23ClN2. The molecule has 0 bridgehead atoms. The summed E-state index contributed by atoms with van der Waals surface area (Å²) < 4.78 is 1.99. The van der Waals surface area contributed by atoms with E-state index in [2.05, 4.69) is 49.3 Å². The third-order valence-electron chi connectivity index (χ3n) is 3.75. The van der Waals surface area contributed by atoms with E-state index in [0.717, 1.165) is 25.0 Å². The maximum absolute atomic E-state index is 6.16. The molecule has 0 N–H and O–H groups in total. The van der Waals surface area contributed by atoms with E-state index in [1.54, 1.807) is 0 Å². The molecule has 2 rings (SSSR count). The van der Waals surface area contributed by atoms with E-state index >= 15 is 0 Å². The third-order valence-corrected chi connectivity index (χ3v) is 4.19. The van der Waals surface area contributed by atoms with Crippen LogP contribution >= 0.6 is 11.6 Å². The Kier molecular flexibility index (Phi) is 5.24. The molecule has 0 aliphatic heterocycles. The first-order chi connectivity index (χ1) is 9.62. The SMILES string of the molecule is CCc1cc(CC(CCl)Cc2ccc(C)cc2)n(C)n1. The molecule has 1 unspecified atom stereocenters. The maximum atomic E-state index is 6.16. The summed E-state index contributed by atoms with van der Waals surface area (Å²) in [5.74, 6) is 1.14. The van der Waals surface area contributed by atoms with Gasteiger partial charge in [-0.05, 0) is 43.7 Å². The van der Waals surface area contributed by atoms with Crippen molar-refractivity contribution in [2.75, 3.05) is 5.88 Å². The number of benzene rings is 1. The first-order valence-electron chi connectivity index (χ1n) is 7.25. The summed E-state index contributed by atoms with van der Waals surface area (Å²) in [5, 5.41) is 4.51. The molecule has 0 saturated carbocycles. The number of hydrogen-bond donors (Lipinski definition) is 0. The number of aromatic nitrogens is 2. The van der Waals surface area contributed by atoms with Gasteiger partial charge in [-0.25, -0.2) is 0 Å². The van der Waals surface area contributed by atoms with Gasteiger partial charge in [0.15, 0.2) is 0 Å². The molecule has 3 heteroatoms. The van der Waals surface area contributed by atoms with Crippen LogP contribution in [0, 0.1) is 12.8 Å². The molecular weight excluding hydrogens is 268 g/mol. The summed E-state index contributed by atoms with van der Waals surface area (Å²) in [5.41, 5.74) is 5.10. The lowest BCUT2D eigenvalue weighted by molar-refractivity contribution is 0.551. The van der Waals surface area contributed by atoms with Crippen molar-refractivity contribution in [3.8, 4) is 0 Å². The van der Waals surface area contributed by atoms with Gasteiger partial charge in [0.05, 0.1) is 5.69 Å². The van der Waals surface area contributed by atoms with Crippen molar-refractivity contribution in [1.29, 1.82) is 0 Å². The lowest BCUT2D eigenvalue weighted by Crippen LogP contribution is -2.12. The first-order valence-corrected chi connectivity index (χ1v) is 7.79. The Morgan fingerprint density at radius 1 is 1.20 bits per heavy atom. The number of alkyl halides is 1. The summed E-state index contributed by atoms with van der Waals surface area (Å²) in [6.45, 7) is 4.25. The normalized spacial score (nSPS) is 12.6. The smallest absolute Gasteiger partial charge is 0.0624 e. The molecule has 1 aromatic heterocycles. The van der Waals surface area contributed by atoms with Gasteiger partial charge in [-0.1, -0.05) is 36.8 Å². The molecule has 0 aliphatic carbocycles. The predicted molar refractivity (Wildman–Crippen MR) is 85.4 cm³/mol. The second kappa shape index (κ2) is 6.94. The van der Waals surface area contributed by atoms with E-state index in [0.29, 0.717) is 11.8 Å².